The molecule has 7 heteroatoms. The number of aromatic amines is 1. The molecule has 3 rings (SSSR count). The number of hydrogen-bond acceptors (Lipinski definition) is 5. The molecule has 0 spiro atoms. The van der Waals surface area contributed by atoms with Crippen LogP contribution in [0.15, 0.2) is 6.07 Å². The van der Waals surface area contributed by atoms with Gasteiger partial charge in [-0.05, 0) is 32.3 Å². The molecule has 2 aromatic heterocycles. The molecule has 0 aromatic carbocycles. The van der Waals surface area contributed by atoms with Crippen molar-refractivity contribution < 1.29 is 0 Å². The Labute approximate surface area is 124 Å². The lowest BCUT2D eigenvalue weighted by Crippen LogP contribution is -2.40. The quantitative estimate of drug-likeness (QED) is 0.882. The molecule has 114 valence electrons. The van der Waals surface area contributed by atoms with Crippen LogP contribution < -0.4 is 10.6 Å². The van der Waals surface area contributed by atoms with Gasteiger partial charge in [0.05, 0.1) is 5.69 Å². The van der Waals surface area contributed by atoms with Gasteiger partial charge >= 0.3 is 0 Å². The van der Waals surface area contributed by atoms with Crippen molar-refractivity contribution in [3.8, 4) is 11.5 Å². The van der Waals surface area contributed by atoms with Gasteiger partial charge in [0.25, 0.3) is 0 Å². The van der Waals surface area contributed by atoms with Crippen molar-refractivity contribution >= 4 is 5.95 Å². The first-order chi connectivity index (χ1) is 10.2. The third-order valence-corrected chi connectivity index (χ3v) is 4.03. The largest absolute Gasteiger partial charge is 0.339 e. The first-order valence-corrected chi connectivity index (χ1v) is 7.71. The van der Waals surface area contributed by atoms with Gasteiger partial charge in [-0.25, -0.2) is 0 Å². The molecule has 3 N–H and O–H groups in total. The number of nitrogens with one attached hydrogen (secondary N) is 1. The van der Waals surface area contributed by atoms with E-state index in [0.717, 1.165) is 62.1 Å². The number of anilines is 1. The number of rotatable bonds is 4. The normalized spacial score (nSPS) is 16.6. The maximum atomic E-state index is 5.94. The van der Waals surface area contributed by atoms with Crippen LogP contribution in [-0.2, 0) is 13.0 Å². The van der Waals surface area contributed by atoms with Gasteiger partial charge in [0, 0.05) is 25.7 Å². The van der Waals surface area contributed by atoms with E-state index in [1.54, 1.807) is 0 Å². The average Bonchev–Trinajstić information content (AvgIpc) is 3.14. The first kappa shape index (κ1) is 14.1. The first-order valence-electron chi connectivity index (χ1n) is 7.71. The molecule has 0 saturated carbocycles. The smallest absolute Gasteiger partial charge is 0.245 e. The van der Waals surface area contributed by atoms with Crippen molar-refractivity contribution in [1.82, 2.24) is 25.0 Å². The molecule has 3 heterocycles. The molecule has 7 nitrogen and oxygen atoms in total. The topological polar surface area (TPSA) is 88.7 Å². The summed E-state index contributed by atoms with van der Waals surface area (Å²) in [6.07, 6.45) is 2.92. The maximum Gasteiger partial charge on any atom is 0.245 e. The van der Waals surface area contributed by atoms with Gasteiger partial charge in [0.15, 0.2) is 5.82 Å². The van der Waals surface area contributed by atoms with Crippen LogP contribution in [-0.4, -0.2) is 44.1 Å². The SMILES string of the molecule is CCc1cc(-c2nc(N3CCC(N)CC3)n[nH]2)n(CC)n1. The number of nitrogens with zero attached hydrogens (tertiary/aromatic N) is 5. The van der Waals surface area contributed by atoms with Crippen molar-refractivity contribution in [2.45, 2.75) is 45.7 Å². The predicted molar refractivity (Wildman–Crippen MR) is 82.1 cm³/mol. The minimum absolute atomic E-state index is 0.313. The van der Waals surface area contributed by atoms with E-state index in [9.17, 15) is 0 Å². The number of piperidine rings is 1. The van der Waals surface area contributed by atoms with Crippen molar-refractivity contribution in [3.05, 3.63) is 11.8 Å². The van der Waals surface area contributed by atoms with Gasteiger partial charge < -0.3 is 10.6 Å². The van der Waals surface area contributed by atoms with Crippen molar-refractivity contribution in [3.63, 3.8) is 0 Å². The van der Waals surface area contributed by atoms with Crippen molar-refractivity contribution in [1.29, 1.82) is 0 Å². The molecule has 0 unspecified atom stereocenters. The van der Waals surface area contributed by atoms with Crippen molar-refractivity contribution in [2.75, 3.05) is 18.0 Å². The fourth-order valence-electron chi connectivity index (χ4n) is 2.68. The van der Waals surface area contributed by atoms with E-state index in [1.807, 2.05) is 4.68 Å². The monoisotopic (exact) mass is 289 g/mol. The second-order valence-electron chi connectivity index (χ2n) is 5.50. The van der Waals surface area contributed by atoms with Crippen LogP contribution >= 0.6 is 0 Å². The van der Waals surface area contributed by atoms with E-state index in [2.05, 4.69) is 45.1 Å². The second-order valence-corrected chi connectivity index (χ2v) is 5.50. The van der Waals surface area contributed by atoms with Crippen LogP contribution in [0.4, 0.5) is 5.95 Å². The van der Waals surface area contributed by atoms with Crippen LogP contribution in [0, 0.1) is 0 Å². The molecule has 1 saturated heterocycles. The summed E-state index contributed by atoms with van der Waals surface area (Å²) < 4.78 is 1.97. The third-order valence-electron chi connectivity index (χ3n) is 4.03. The Morgan fingerprint density at radius 1 is 1.33 bits per heavy atom. The van der Waals surface area contributed by atoms with Gasteiger partial charge in [0.1, 0.15) is 5.69 Å². The van der Waals surface area contributed by atoms with Gasteiger partial charge in [-0.3, -0.25) is 9.78 Å². The highest BCUT2D eigenvalue weighted by Gasteiger charge is 2.20. The van der Waals surface area contributed by atoms with Gasteiger partial charge in [-0.2, -0.15) is 10.1 Å². The Bertz CT molecular complexity index is 592. The van der Waals surface area contributed by atoms with E-state index in [0.29, 0.717) is 6.04 Å². The number of aromatic nitrogens is 5. The lowest BCUT2D eigenvalue weighted by atomic mass is 10.1. The van der Waals surface area contributed by atoms with E-state index in [1.165, 1.54) is 0 Å². The Hall–Kier alpha value is -1.89. The van der Waals surface area contributed by atoms with Crippen LogP contribution in [0.2, 0.25) is 0 Å². The summed E-state index contributed by atoms with van der Waals surface area (Å²) in [7, 11) is 0. The van der Waals surface area contributed by atoms with Gasteiger partial charge in [-0.15, -0.1) is 5.10 Å². The van der Waals surface area contributed by atoms with Gasteiger partial charge in [0.2, 0.25) is 5.95 Å². The molecule has 1 aliphatic rings. The Morgan fingerprint density at radius 3 is 2.76 bits per heavy atom. The Kier molecular flexibility index (Phi) is 3.92. The van der Waals surface area contributed by atoms with E-state index in [4.69, 9.17) is 5.73 Å². The number of hydrogen-bond donors (Lipinski definition) is 2. The number of aryl methyl sites for hydroxylation is 2. The van der Waals surface area contributed by atoms with E-state index >= 15 is 0 Å². The molecule has 0 radical (unpaired) electrons. The second kappa shape index (κ2) is 5.85. The molecule has 0 atom stereocenters. The lowest BCUT2D eigenvalue weighted by Gasteiger charge is -2.28. The third kappa shape index (κ3) is 2.78. The fourth-order valence-corrected chi connectivity index (χ4v) is 2.68. The van der Waals surface area contributed by atoms with Gasteiger partial charge in [-0.1, -0.05) is 6.92 Å². The summed E-state index contributed by atoms with van der Waals surface area (Å²) in [5.41, 5.74) is 8.02. The van der Waals surface area contributed by atoms with Crippen molar-refractivity contribution in [2.24, 2.45) is 5.73 Å². The minimum atomic E-state index is 0.313. The molecule has 0 amide bonds. The standard InChI is InChI=1S/C14H23N7/c1-3-11-9-12(21(4-2)19-11)13-16-14(18-17-13)20-7-5-10(15)6-8-20/h9-10H,3-8,15H2,1-2H3,(H,16,17,18). The van der Waals surface area contributed by atoms with Crippen LogP contribution in [0.25, 0.3) is 11.5 Å². The Morgan fingerprint density at radius 2 is 2.10 bits per heavy atom. The van der Waals surface area contributed by atoms with Crippen LogP contribution in [0.1, 0.15) is 32.4 Å². The molecule has 2 aromatic rings. The Balaban J connectivity index is 1.83. The highest BCUT2D eigenvalue weighted by atomic mass is 15.4. The zero-order valence-electron chi connectivity index (χ0n) is 12.7. The fraction of sp³-hybridized carbons (Fsp3) is 0.643. The minimum Gasteiger partial charge on any atom is -0.339 e. The summed E-state index contributed by atoms with van der Waals surface area (Å²) in [6.45, 7) is 6.86. The zero-order chi connectivity index (χ0) is 14.8. The van der Waals surface area contributed by atoms with Crippen LogP contribution in [0.5, 0.6) is 0 Å². The maximum absolute atomic E-state index is 5.94. The summed E-state index contributed by atoms with van der Waals surface area (Å²) in [4.78, 5) is 6.83. The molecule has 1 aliphatic heterocycles. The highest BCUT2D eigenvalue weighted by Crippen LogP contribution is 2.21. The summed E-state index contributed by atoms with van der Waals surface area (Å²) in [5, 5.41) is 12.0. The molecular formula is C14H23N7. The summed E-state index contributed by atoms with van der Waals surface area (Å²) in [6, 6.07) is 2.40. The lowest BCUT2D eigenvalue weighted by molar-refractivity contribution is 0.496. The molecular weight excluding hydrogens is 266 g/mol. The average molecular weight is 289 g/mol. The molecule has 0 aliphatic carbocycles. The van der Waals surface area contributed by atoms with E-state index < -0.39 is 0 Å². The molecule has 21 heavy (non-hydrogen) atoms. The van der Waals surface area contributed by atoms with Crippen LogP contribution in [0.3, 0.4) is 0 Å². The number of nitrogens with two attached hydrogens (primary N) is 1. The number of H-pyrrole nitrogens is 1. The zero-order valence-corrected chi connectivity index (χ0v) is 12.7. The molecule has 0 bridgehead atoms. The highest BCUT2D eigenvalue weighted by molar-refractivity contribution is 5.52. The molecule has 1 fully saturated rings. The predicted octanol–water partition coefficient (Wildman–Crippen LogP) is 1.18. The summed E-state index contributed by atoms with van der Waals surface area (Å²) >= 11 is 0. The van der Waals surface area contributed by atoms with E-state index in [-0.39, 0.29) is 0 Å². The summed E-state index contributed by atoms with van der Waals surface area (Å²) in [5.74, 6) is 1.55.